The Bertz CT molecular complexity index is 277. The summed E-state index contributed by atoms with van der Waals surface area (Å²) in [4.78, 5) is 12.2. The number of ketones is 1. The summed E-state index contributed by atoms with van der Waals surface area (Å²) < 4.78 is 0. The van der Waals surface area contributed by atoms with Crippen molar-refractivity contribution in [3.05, 3.63) is 0 Å². The normalized spacial score (nSPS) is 25.1. The van der Waals surface area contributed by atoms with Gasteiger partial charge in [-0.2, -0.15) is 0 Å². The van der Waals surface area contributed by atoms with E-state index >= 15 is 0 Å². The second kappa shape index (κ2) is 5.32. The topological polar surface area (TPSA) is 29.1 Å². The molecule has 1 aliphatic rings. The molecule has 0 aromatic heterocycles. The standard InChI is InChI=1S/C13H21NO/c1-4-5-6-7-12(15)13(11(2)3)8-9-14-10-13/h11,14H,6-10H2,1-3H3. The third-order valence-electron chi connectivity index (χ3n) is 3.50. The first-order valence-corrected chi connectivity index (χ1v) is 5.77. The molecule has 84 valence electrons. The summed E-state index contributed by atoms with van der Waals surface area (Å²) in [5, 5.41) is 3.31. The van der Waals surface area contributed by atoms with E-state index < -0.39 is 0 Å². The number of hydrogen-bond acceptors (Lipinski definition) is 2. The monoisotopic (exact) mass is 207 g/mol. The summed E-state index contributed by atoms with van der Waals surface area (Å²) in [7, 11) is 0. The highest BCUT2D eigenvalue weighted by atomic mass is 16.1. The maximum Gasteiger partial charge on any atom is 0.141 e. The van der Waals surface area contributed by atoms with E-state index in [1.165, 1.54) is 0 Å². The summed E-state index contributed by atoms with van der Waals surface area (Å²) in [5.74, 6) is 6.62. The molecule has 15 heavy (non-hydrogen) atoms. The fourth-order valence-electron chi connectivity index (χ4n) is 2.31. The number of carbonyl (C=O) groups excluding carboxylic acids is 1. The molecule has 0 aromatic carbocycles. The van der Waals surface area contributed by atoms with E-state index in [0.717, 1.165) is 19.5 Å². The van der Waals surface area contributed by atoms with E-state index in [4.69, 9.17) is 0 Å². The summed E-state index contributed by atoms with van der Waals surface area (Å²) in [6.45, 7) is 7.94. The number of carbonyl (C=O) groups is 1. The highest BCUT2D eigenvalue weighted by Crippen LogP contribution is 2.36. The SMILES string of the molecule is CC#CCCC(=O)C1(C(C)C)CCNC1. The molecule has 1 saturated heterocycles. The lowest BCUT2D eigenvalue weighted by atomic mass is 9.72. The van der Waals surface area contributed by atoms with Gasteiger partial charge in [0.15, 0.2) is 0 Å². The first kappa shape index (κ1) is 12.3. The second-order valence-corrected chi connectivity index (χ2v) is 4.59. The summed E-state index contributed by atoms with van der Waals surface area (Å²) >= 11 is 0. The summed E-state index contributed by atoms with van der Waals surface area (Å²) in [6.07, 6.45) is 2.31. The van der Waals surface area contributed by atoms with Gasteiger partial charge in [-0.25, -0.2) is 0 Å². The molecule has 0 radical (unpaired) electrons. The lowest BCUT2D eigenvalue weighted by Crippen LogP contribution is -2.38. The van der Waals surface area contributed by atoms with Crippen molar-refractivity contribution in [1.29, 1.82) is 0 Å². The molecule has 0 bridgehead atoms. The predicted molar refractivity (Wildman–Crippen MR) is 62.4 cm³/mol. The highest BCUT2D eigenvalue weighted by molar-refractivity contribution is 5.86. The van der Waals surface area contributed by atoms with E-state index in [2.05, 4.69) is 31.0 Å². The van der Waals surface area contributed by atoms with Crippen LogP contribution in [0.25, 0.3) is 0 Å². The third kappa shape index (κ3) is 2.60. The lowest BCUT2D eigenvalue weighted by Gasteiger charge is -2.30. The second-order valence-electron chi connectivity index (χ2n) is 4.59. The molecule has 1 N–H and O–H groups in total. The van der Waals surface area contributed by atoms with Crippen molar-refractivity contribution in [2.24, 2.45) is 11.3 Å². The molecule has 0 amide bonds. The van der Waals surface area contributed by atoms with E-state index in [1.807, 2.05) is 6.92 Å². The van der Waals surface area contributed by atoms with Crippen molar-refractivity contribution in [2.45, 2.75) is 40.0 Å². The Morgan fingerprint density at radius 3 is 2.73 bits per heavy atom. The Balaban J connectivity index is 2.63. The van der Waals surface area contributed by atoms with Gasteiger partial charge in [-0.05, 0) is 25.8 Å². The minimum atomic E-state index is -0.116. The van der Waals surface area contributed by atoms with Gasteiger partial charge in [0.1, 0.15) is 5.78 Å². The van der Waals surface area contributed by atoms with Crippen molar-refractivity contribution >= 4 is 5.78 Å². The predicted octanol–water partition coefficient (Wildman–Crippen LogP) is 1.99. The van der Waals surface area contributed by atoms with Crippen LogP contribution >= 0.6 is 0 Å². The molecule has 2 heteroatoms. The van der Waals surface area contributed by atoms with E-state index in [0.29, 0.717) is 24.5 Å². The van der Waals surface area contributed by atoms with Crippen LogP contribution < -0.4 is 5.32 Å². The van der Waals surface area contributed by atoms with Crippen molar-refractivity contribution in [3.63, 3.8) is 0 Å². The quantitative estimate of drug-likeness (QED) is 0.714. The van der Waals surface area contributed by atoms with Gasteiger partial charge < -0.3 is 5.32 Å². The van der Waals surface area contributed by atoms with Crippen molar-refractivity contribution < 1.29 is 4.79 Å². The molecule has 0 saturated carbocycles. The van der Waals surface area contributed by atoms with Crippen LogP contribution in [0, 0.1) is 23.2 Å². The van der Waals surface area contributed by atoms with Gasteiger partial charge in [0, 0.05) is 24.8 Å². The molecule has 0 aliphatic carbocycles. The average Bonchev–Trinajstić information content (AvgIpc) is 2.67. The Labute approximate surface area is 92.8 Å². The zero-order valence-electron chi connectivity index (χ0n) is 10.0. The van der Waals surface area contributed by atoms with Crippen LogP contribution in [0.5, 0.6) is 0 Å². The van der Waals surface area contributed by atoms with Crippen LogP contribution in [0.4, 0.5) is 0 Å². The van der Waals surface area contributed by atoms with Crippen molar-refractivity contribution in [2.75, 3.05) is 13.1 Å². The lowest BCUT2D eigenvalue weighted by molar-refractivity contribution is -0.130. The van der Waals surface area contributed by atoms with Crippen LogP contribution in [-0.4, -0.2) is 18.9 Å². The fourth-order valence-corrected chi connectivity index (χ4v) is 2.31. The zero-order valence-corrected chi connectivity index (χ0v) is 10.0. The van der Waals surface area contributed by atoms with Gasteiger partial charge in [0.2, 0.25) is 0 Å². The minimum absolute atomic E-state index is 0.116. The van der Waals surface area contributed by atoms with E-state index in [1.54, 1.807) is 0 Å². The maximum atomic E-state index is 12.2. The Kier molecular flexibility index (Phi) is 4.35. The fraction of sp³-hybridized carbons (Fsp3) is 0.769. The molecule has 0 aromatic rings. The third-order valence-corrected chi connectivity index (χ3v) is 3.50. The summed E-state index contributed by atoms with van der Waals surface area (Å²) in [5.41, 5.74) is -0.116. The smallest absolute Gasteiger partial charge is 0.141 e. The number of hydrogen-bond donors (Lipinski definition) is 1. The molecular weight excluding hydrogens is 186 g/mol. The van der Waals surface area contributed by atoms with Gasteiger partial charge in [-0.15, -0.1) is 11.8 Å². The average molecular weight is 207 g/mol. The number of rotatable bonds is 4. The van der Waals surface area contributed by atoms with E-state index in [-0.39, 0.29) is 5.41 Å². The van der Waals surface area contributed by atoms with Gasteiger partial charge in [-0.1, -0.05) is 13.8 Å². The molecule has 0 spiro atoms. The molecule has 1 atom stereocenters. The molecule has 1 rings (SSSR count). The molecule has 1 fully saturated rings. The van der Waals surface area contributed by atoms with Crippen LogP contribution in [-0.2, 0) is 4.79 Å². The number of nitrogens with one attached hydrogen (secondary N) is 1. The van der Waals surface area contributed by atoms with Gasteiger partial charge in [-0.3, -0.25) is 4.79 Å². The Hall–Kier alpha value is -0.810. The van der Waals surface area contributed by atoms with Gasteiger partial charge in [0.25, 0.3) is 0 Å². The molecule has 2 nitrogen and oxygen atoms in total. The molecule has 1 aliphatic heterocycles. The molecular formula is C13H21NO. The van der Waals surface area contributed by atoms with Crippen LogP contribution in [0.2, 0.25) is 0 Å². The molecule has 1 heterocycles. The van der Waals surface area contributed by atoms with Crippen molar-refractivity contribution in [3.8, 4) is 11.8 Å². The van der Waals surface area contributed by atoms with E-state index in [9.17, 15) is 4.79 Å². The maximum absolute atomic E-state index is 12.2. The van der Waals surface area contributed by atoms with Crippen molar-refractivity contribution in [1.82, 2.24) is 5.32 Å². The van der Waals surface area contributed by atoms with Crippen LogP contribution in [0.3, 0.4) is 0 Å². The Morgan fingerprint density at radius 1 is 1.53 bits per heavy atom. The van der Waals surface area contributed by atoms with Crippen LogP contribution in [0.15, 0.2) is 0 Å². The first-order chi connectivity index (χ1) is 7.13. The largest absolute Gasteiger partial charge is 0.316 e. The van der Waals surface area contributed by atoms with Gasteiger partial charge in [0.05, 0.1) is 0 Å². The Morgan fingerprint density at radius 2 is 2.27 bits per heavy atom. The minimum Gasteiger partial charge on any atom is -0.316 e. The van der Waals surface area contributed by atoms with Crippen LogP contribution in [0.1, 0.15) is 40.0 Å². The highest BCUT2D eigenvalue weighted by Gasteiger charge is 2.42. The molecule has 1 unspecified atom stereocenters. The number of Topliss-reactive ketones (excluding diaryl/α,β-unsaturated/α-hetero) is 1. The van der Waals surface area contributed by atoms with Gasteiger partial charge >= 0.3 is 0 Å². The zero-order chi connectivity index (χ0) is 11.3. The first-order valence-electron chi connectivity index (χ1n) is 5.77. The summed E-state index contributed by atoms with van der Waals surface area (Å²) in [6, 6.07) is 0.